The van der Waals surface area contributed by atoms with E-state index in [0.29, 0.717) is 6.54 Å². The summed E-state index contributed by atoms with van der Waals surface area (Å²) in [4.78, 5) is 39.2. The van der Waals surface area contributed by atoms with Gasteiger partial charge in [0.1, 0.15) is 12.6 Å². The van der Waals surface area contributed by atoms with Gasteiger partial charge in [0.25, 0.3) is 0 Å². The Balaban J connectivity index is 1.77. The molecule has 0 bridgehead atoms. The zero-order valence-electron chi connectivity index (χ0n) is 14.0. The highest BCUT2D eigenvalue weighted by atomic mass is 16.4. The van der Waals surface area contributed by atoms with Gasteiger partial charge >= 0.3 is 5.97 Å². The third kappa shape index (κ3) is 2.77. The van der Waals surface area contributed by atoms with E-state index in [4.69, 9.17) is 5.11 Å². The van der Waals surface area contributed by atoms with Crippen LogP contribution in [-0.2, 0) is 19.8 Å². The van der Waals surface area contributed by atoms with Crippen LogP contribution in [0.15, 0.2) is 24.3 Å². The molecule has 1 saturated heterocycles. The van der Waals surface area contributed by atoms with Crippen molar-refractivity contribution < 1.29 is 19.5 Å². The first kappa shape index (κ1) is 16.5. The zero-order chi connectivity index (χ0) is 17.5. The van der Waals surface area contributed by atoms with Crippen molar-refractivity contribution in [3.8, 4) is 0 Å². The third-order valence-electron chi connectivity index (χ3n) is 5.10. The van der Waals surface area contributed by atoms with Crippen LogP contribution >= 0.6 is 0 Å². The van der Waals surface area contributed by atoms with E-state index < -0.39 is 17.4 Å². The Morgan fingerprint density at radius 2 is 1.83 bits per heavy atom. The molecule has 3 rings (SSSR count). The number of hydrogen-bond donors (Lipinski definition) is 1. The SMILES string of the molecule is Cc1ccc(C2(C(=O)N3CCN(CC(=O)O)C(=O)[C@H]3C)CC2)cc1. The monoisotopic (exact) mass is 330 g/mol. The topological polar surface area (TPSA) is 77.9 Å². The van der Waals surface area contributed by atoms with Gasteiger partial charge in [-0.3, -0.25) is 14.4 Å². The van der Waals surface area contributed by atoms with Crippen LogP contribution in [0.3, 0.4) is 0 Å². The molecule has 1 atom stereocenters. The van der Waals surface area contributed by atoms with Crippen molar-refractivity contribution in [2.75, 3.05) is 19.6 Å². The fourth-order valence-electron chi connectivity index (χ4n) is 3.43. The van der Waals surface area contributed by atoms with Crippen molar-refractivity contribution in [1.82, 2.24) is 9.80 Å². The predicted molar refractivity (Wildman–Crippen MR) is 87.5 cm³/mol. The molecule has 2 amide bonds. The molecule has 1 aliphatic heterocycles. The molecule has 0 aromatic heterocycles. The first-order valence-corrected chi connectivity index (χ1v) is 8.24. The summed E-state index contributed by atoms with van der Waals surface area (Å²) in [7, 11) is 0. The number of carboxylic acids is 1. The van der Waals surface area contributed by atoms with Crippen molar-refractivity contribution in [3.63, 3.8) is 0 Å². The normalized spacial score (nSPS) is 22.4. The van der Waals surface area contributed by atoms with Gasteiger partial charge in [-0.25, -0.2) is 0 Å². The third-order valence-corrected chi connectivity index (χ3v) is 5.10. The minimum absolute atomic E-state index is 0.0119. The molecule has 6 nitrogen and oxygen atoms in total. The van der Waals surface area contributed by atoms with E-state index in [0.717, 1.165) is 24.0 Å². The molecule has 6 heteroatoms. The largest absolute Gasteiger partial charge is 0.480 e. The molecular formula is C18H22N2O4. The van der Waals surface area contributed by atoms with Gasteiger partial charge in [0.05, 0.1) is 5.41 Å². The fourth-order valence-corrected chi connectivity index (χ4v) is 3.43. The second-order valence-corrected chi connectivity index (χ2v) is 6.78. The number of aryl methyl sites for hydroxylation is 1. The Hall–Kier alpha value is -2.37. The summed E-state index contributed by atoms with van der Waals surface area (Å²) in [6.07, 6.45) is 1.59. The van der Waals surface area contributed by atoms with Crippen molar-refractivity contribution >= 4 is 17.8 Å². The fraction of sp³-hybridized carbons (Fsp3) is 0.500. The van der Waals surface area contributed by atoms with Crippen molar-refractivity contribution in [2.45, 2.75) is 38.1 Å². The molecule has 1 heterocycles. The van der Waals surface area contributed by atoms with Gasteiger partial charge in [-0.15, -0.1) is 0 Å². The zero-order valence-corrected chi connectivity index (χ0v) is 14.0. The van der Waals surface area contributed by atoms with Gasteiger partial charge in [0, 0.05) is 13.1 Å². The maximum Gasteiger partial charge on any atom is 0.323 e. The number of aliphatic carboxylic acids is 1. The summed E-state index contributed by atoms with van der Waals surface area (Å²) in [5, 5.41) is 8.88. The highest BCUT2D eigenvalue weighted by Crippen LogP contribution is 2.50. The van der Waals surface area contributed by atoms with Crippen LogP contribution in [0.2, 0.25) is 0 Å². The van der Waals surface area contributed by atoms with E-state index in [1.807, 2.05) is 31.2 Å². The van der Waals surface area contributed by atoms with E-state index in [1.54, 1.807) is 11.8 Å². The van der Waals surface area contributed by atoms with Gasteiger partial charge in [-0.05, 0) is 32.3 Å². The van der Waals surface area contributed by atoms with Crippen LogP contribution in [0.25, 0.3) is 0 Å². The Bertz CT molecular complexity index is 679. The summed E-state index contributed by atoms with van der Waals surface area (Å²) < 4.78 is 0. The Labute approximate surface area is 141 Å². The van der Waals surface area contributed by atoms with Gasteiger partial charge in [0.15, 0.2) is 0 Å². The molecule has 1 saturated carbocycles. The number of amides is 2. The summed E-state index contributed by atoms with van der Waals surface area (Å²) >= 11 is 0. The molecule has 24 heavy (non-hydrogen) atoms. The molecule has 0 spiro atoms. The van der Waals surface area contributed by atoms with Crippen LogP contribution in [0.5, 0.6) is 0 Å². The average molecular weight is 330 g/mol. The number of piperazine rings is 1. The number of carboxylic acid groups (broad SMARTS) is 1. The van der Waals surface area contributed by atoms with Crippen LogP contribution in [0, 0.1) is 6.92 Å². The summed E-state index contributed by atoms with van der Waals surface area (Å²) in [6.45, 7) is 4.03. The van der Waals surface area contributed by atoms with Crippen molar-refractivity contribution in [3.05, 3.63) is 35.4 Å². The highest BCUT2D eigenvalue weighted by molar-refractivity contribution is 5.96. The number of rotatable bonds is 4. The van der Waals surface area contributed by atoms with E-state index in [9.17, 15) is 14.4 Å². The Morgan fingerprint density at radius 3 is 2.38 bits per heavy atom. The molecule has 2 fully saturated rings. The summed E-state index contributed by atoms with van der Waals surface area (Å²) in [5.41, 5.74) is 1.65. The maximum atomic E-state index is 13.1. The minimum atomic E-state index is -1.03. The molecule has 1 aliphatic carbocycles. The van der Waals surface area contributed by atoms with Crippen LogP contribution < -0.4 is 0 Å². The molecule has 2 aliphatic rings. The van der Waals surface area contributed by atoms with Gasteiger partial charge in [-0.2, -0.15) is 0 Å². The smallest absolute Gasteiger partial charge is 0.323 e. The van der Waals surface area contributed by atoms with Crippen molar-refractivity contribution in [1.29, 1.82) is 0 Å². The first-order chi connectivity index (χ1) is 11.3. The second-order valence-electron chi connectivity index (χ2n) is 6.78. The lowest BCUT2D eigenvalue weighted by atomic mass is 9.92. The predicted octanol–water partition coefficient (Wildman–Crippen LogP) is 1.17. The molecule has 1 N–H and O–H groups in total. The van der Waals surface area contributed by atoms with E-state index >= 15 is 0 Å². The van der Waals surface area contributed by atoms with Gasteiger partial charge in [-0.1, -0.05) is 29.8 Å². The highest BCUT2D eigenvalue weighted by Gasteiger charge is 2.54. The second kappa shape index (κ2) is 5.92. The Kier molecular flexibility index (Phi) is 4.07. The number of carbonyl (C=O) groups is 3. The summed E-state index contributed by atoms with van der Waals surface area (Å²) in [5.74, 6) is -1.34. The molecule has 0 radical (unpaired) electrons. The van der Waals surface area contributed by atoms with E-state index in [1.165, 1.54) is 4.90 Å². The molecule has 1 aromatic carbocycles. The molecule has 128 valence electrons. The maximum absolute atomic E-state index is 13.1. The van der Waals surface area contributed by atoms with E-state index in [-0.39, 0.29) is 24.9 Å². The van der Waals surface area contributed by atoms with E-state index in [2.05, 4.69) is 0 Å². The Morgan fingerprint density at radius 1 is 1.21 bits per heavy atom. The van der Waals surface area contributed by atoms with Gasteiger partial charge in [0.2, 0.25) is 11.8 Å². The lowest BCUT2D eigenvalue weighted by Gasteiger charge is -2.40. The van der Waals surface area contributed by atoms with Gasteiger partial charge < -0.3 is 14.9 Å². The van der Waals surface area contributed by atoms with Crippen LogP contribution in [0.1, 0.15) is 30.9 Å². The summed E-state index contributed by atoms with van der Waals surface area (Å²) in [6, 6.07) is 7.37. The molecular weight excluding hydrogens is 308 g/mol. The van der Waals surface area contributed by atoms with Crippen LogP contribution in [-0.4, -0.2) is 58.4 Å². The minimum Gasteiger partial charge on any atom is -0.480 e. The number of benzene rings is 1. The molecule has 1 aromatic rings. The number of hydrogen-bond acceptors (Lipinski definition) is 3. The molecule has 0 unspecified atom stereocenters. The number of nitrogens with zero attached hydrogens (tertiary/aromatic N) is 2. The van der Waals surface area contributed by atoms with Crippen LogP contribution in [0.4, 0.5) is 0 Å². The number of carbonyl (C=O) groups excluding carboxylic acids is 2. The standard InChI is InChI=1S/C18H22N2O4/c1-12-3-5-14(6-4-12)18(7-8-18)17(24)20-10-9-19(11-15(21)22)16(23)13(20)2/h3-6,13H,7-11H2,1-2H3,(H,21,22)/t13-/m1/s1. The lowest BCUT2D eigenvalue weighted by Crippen LogP contribution is -2.60. The quantitative estimate of drug-likeness (QED) is 0.899. The lowest BCUT2D eigenvalue weighted by molar-refractivity contribution is -0.155. The average Bonchev–Trinajstić information content (AvgIpc) is 3.33. The first-order valence-electron chi connectivity index (χ1n) is 8.24. The van der Waals surface area contributed by atoms with Crippen molar-refractivity contribution in [2.24, 2.45) is 0 Å².